The van der Waals surface area contributed by atoms with Gasteiger partial charge in [-0.25, -0.2) is 4.79 Å². The number of aromatic nitrogens is 2. The van der Waals surface area contributed by atoms with Crippen molar-refractivity contribution in [3.63, 3.8) is 0 Å². The predicted molar refractivity (Wildman–Crippen MR) is 58.7 cm³/mol. The van der Waals surface area contributed by atoms with Crippen molar-refractivity contribution in [3.8, 4) is 0 Å². The molecule has 1 heterocycles. The van der Waals surface area contributed by atoms with Gasteiger partial charge in [0, 0.05) is 11.8 Å². The van der Waals surface area contributed by atoms with Gasteiger partial charge in [-0.15, -0.1) is 0 Å². The summed E-state index contributed by atoms with van der Waals surface area (Å²) in [4.78, 5) is 21.0. The highest BCUT2D eigenvalue weighted by atomic mass is 16.6. The molecule has 0 radical (unpaired) electrons. The maximum atomic E-state index is 11.2. The number of carbonyl (C=O) groups excluding carboxylic acids is 1. The van der Waals surface area contributed by atoms with Crippen LogP contribution in [-0.4, -0.2) is 27.7 Å². The van der Waals surface area contributed by atoms with Crippen molar-refractivity contribution in [2.75, 3.05) is 11.9 Å². The Morgan fingerprint density at radius 3 is 2.94 bits per heavy atom. The lowest BCUT2D eigenvalue weighted by molar-refractivity contribution is -0.421. The van der Waals surface area contributed by atoms with Gasteiger partial charge >= 0.3 is 11.7 Å². The van der Waals surface area contributed by atoms with Gasteiger partial charge in [-0.2, -0.15) is 5.10 Å². The largest absolute Gasteiger partial charge is 0.458 e. The summed E-state index contributed by atoms with van der Waals surface area (Å²) in [7, 11) is 0. The number of ether oxygens (including phenoxy) is 1. The van der Waals surface area contributed by atoms with E-state index < -0.39 is 16.6 Å². The van der Waals surface area contributed by atoms with Gasteiger partial charge in [0.15, 0.2) is 5.82 Å². The summed E-state index contributed by atoms with van der Waals surface area (Å²) in [5, 5.41) is 19.6. The molecule has 8 heteroatoms. The van der Waals surface area contributed by atoms with Crippen LogP contribution in [0, 0.1) is 17.0 Å². The number of nitrogens with one attached hydrogen (secondary N) is 2. The Balaban J connectivity index is 2.77. The zero-order valence-corrected chi connectivity index (χ0v) is 9.39. The maximum absolute atomic E-state index is 11.2. The van der Waals surface area contributed by atoms with Crippen LogP contribution in [0.5, 0.6) is 0 Å². The molecule has 0 amide bonds. The monoisotopic (exact) mass is 240 g/mol. The summed E-state index contributed by atoms with van der Waals surface area (Å²) in [6.45, 7) is 3.42. The average Bonchev–Trinajstić information content (AvgIpc) is 2.64. The van der Waals surface area contributed by atoms with E-state index in [0.29, 0.717) is 5.82 Å². The van der Waals surface area contributed by atoms with E-state index in [2.05, 4.69) is 20.3 Å². The molecule has 8 nitrogen and oxygen atoms in total. The van der Waals surface area contributed by atoms with E-state index in [1.54, 1.807) is 19.9 Å². The Labute approximate surface area is 96.8 Å². The topological polar surface area (TPSA) is 110 Å². The predicted octanol–water partition coefficient (Wildman–Crippen LogP) is 0.811. The first-order valence-electron chi connectivity index (χ1n) is 4.84. The molecule has 0 aromatic carbocycles. The molecule has 0 fully saturated rings. The van der Waals surface area contributed by atoms with Crippen LogP contribution in [0.15, 0.2) is 18.0 Å². The summed E-state index contributed by atoms with van der Waals surface area (Å²) in [5.74, 6) is -0.608. The second-order valence-electron chi connectivity index (χ2n) is 3.09. The number of H-pyrrole nitrogens is 1. The number of nitro groups is 1. The lowest BCUT2D eigenvalue weighted by Gasteiger charge is -1.99. The van der Waals surface area contributed by atoms with Gasteiger partial charge in [-0.1, -0.05) is 0 Å². The van der Waals surface area contributed by atoms with Crippen LogP contribution in [0.2, 0.25) is 0 Å². The van der Waals surface area contributed by atoms with E-state index in [-0.39, 0.29) is 6.61 Å². The first-order valence-corrected chi connectivity index (χ1v) is 4.84. The molecule has 0 spiro atoms. The molecule has 0 atom stereocenters. The van der Waals surface area contributed by atoms with Crippen LogP contribution >= 0.6 is 0 Å². The minimum absolute atomic E-state index is 0.0749. The standard InChI is InChI=1S/C9H12N4O4/c1-3-17-9(14)7(13(15)16)5-10-8-4-6(2)11-12-8/h4-5H,3H2,1-2H3,(H2,10,11,12). The fourth-order valence-electron chi connectivity index (χ4n) is 1.03. The molecule has 0 saturated heterocycles. The average molecular weight is 240 g/mol. The Kier molecular flexibility index (Phi) is 4.21. The van der Waals surface area contributed by atoms with Crippen molar-refractivity contribution < 1.29 is 14.5 Å². The molecule has 17 heavy (non-hydrogen) atoms. The molecule has 1 aromatic heterocycles. The molecule has 1 rings (SSSR count). The van der Waals surface area contributed by atoms with Crippen LogP contribution in [-0.2, 0) is 9.53 Å². The van der Waals surface area contributed by atoms with Crippen molar-refractivity contribution in [2.24, 2.45) is 0 Å². The van der Waals surface area contributed by atoms with Gasteiger partial charge in [-0.3, -0.25) is 15.2 Å². The normalized spacial score (nSPS) is 11.1. The maximum Gasteiger partial charge on any atom is 0.411 e. The number of aromatic amines is 1. The van der Waals surface area contributed by atoms with E-state index in [0.717, 1.165) is 11.9 Å². The highest BCUT2D eigenvalue weighted by Crippen LogP contribution is 2.06. The second kappa shape index (κ2) is 5.64. The molecule has 92 valence electrons. The van der Waals surface area contributed by atoms with Gasteiger partial charge in [0.25, 0.3) is 0 Å². The molecule has 0 aliphatic rings. The molecular weight excluding hydrogens is 228 g/mol. The Morgan fingerprint density at radius 1 is 1.76 bits per heavy atom. The summed E-state index contributed by atoms with van der Waals surface area (Å²) in [6, 6.07) is 1.64. The van der Waals surface area contributed by atoms with E-state index in [1.807, 2.05) is 0 Å². The number of aryl methyl sites for hydroxylation is 1. The Morgan fingerprint density at radius 2 is 2.47 bits per heavy atom. The Bertz CT molecular complexity index is 452. The first kappa shape index (κ1) is 12.7. The summed E-state index contributed by atoms with van der Waals surface area (Å²) in [5.41, 5.74) is 0.118. The van der Waals surface area contributed by atoms with E-state index >= 15 is 0 Å². The fraction of sp³-hybridized carbons (Fsp3) is 0.333. The van der Waals surface area contributed by atoms with Gasteiger partial charge < -0.3 is 10.1 Å². The molecule has 0 saturated carbocycles. The van der Waals surface area contributed by atoms with Crippen molar-refractivity contribution in [1.29, 1.82) is 0 Å². The van der Waals surface area contributed by atoms with E-state index in [4.69, 9.17) is 0 Å². The van der Waals surface area contributed by atoms with Crippen molar-refractivity contribution >= 4 is 11.8 Å². The summed E-state index contributed by atoms with van der Waals surface area (Å²) in [6.07, 6.45) is 0.952. The number of esters is 1. The number of anilines is 1. The van der Waals surface area contributed by atoms with Gasteiger partial charge in [0.2, 0.25) is 0 Å². The minimum Gasteiger partial charge on any atom is -0.458 e. The van der Waals surface area contributed by atoms with Crippen LogP contribution < -0.4 is 5.32 Å². The lowest BCUT2D eigenvalue weighted by atomic mass is 10.4. The minimum atomic E-state index is -0.989. The number of hydrogen-bond donors (Lipinski definition) is 2. The highest BCUT2D eigenvalue weighted by molar-refractivity contribution is 5.86. The molecule has 2 N–H and O–H groups in total. The Hall–Kier alpha value is -2.38. The van der Waals surface area contributed by atoms with Gasteiger partial charge in [0.05, 0.1) is 17.7 Å². The zero-order chi connectivity index (χ0) is 12.8. The first-order chi connectivity index (χ1) is 8.04. The zero-order valence-electron chi connectivity index (χ0n) is 9.39. The molecule has 0 aliphatic heterocycles. The quantitative estimate of drug-likeness (QED) is 0.341. The summed E-state index contributed by atoms with van der Waals surface area (Å²) >= 11 is 0. The van der Waals surface area contributed by atoms with Crippen LogP contribution in [0.25, 0.3) is 0 Å². The fourth-order valence-corrected chi connectivity index (χ4v) is 1.03. The second-order valence-corrected chi connectivity index (χ2v) is 3.09. The van der Waals surface area contributed by atoms with Crippen molar-refractivity contribution in [1.82, 2.24) is 10.2 Å². The number of hydrogen-bond acceptors (Lipinski definition) is 6. The SMILES string of the molecule is CCOC(=O)C(=CNc1cc(C)[nH]n1)[N+](=O)[O-]. The van der Waals surface area contributed by atoms with E-state index in [1.165, 1.54) is 0 Å². The number of nitrogens with zero attached hydrogens (tertiary/aromatic N) is 2. The van der Waals surface area contributed by atoms with Gasteiger partial charge in [-0.05, 0) is 13.8 Å². The molecule has 0 unspecified atom stereocenters. The summed E-state index contributed by atoms with van der Waals surface area (Å²) < 4.78 is 4.54. The van der Waals surface area contributed by atoms with Crippen LogP contribution in [0.1, 0.15) is 12.6 Å². The number of carbonyl (C=O) groups is 1. The van der Waals surface area contributed by atoms with Crippen molar-refractivity contribution in [2.45, 2.75) is 13.8 Å². The third-order valence-electron chi connectivity index (χ3n) is 1.74. The molecule has 0 aliphatic carbocycles. The van der Waals surface area contributed by atoms with Crippen molar-refractivity contribution in [3.05, 3.63) is 33.8 Å². The lowest BCUT2D eigenvalue weighted by Crippen LogP contribution is -2.16. The number of rotatable bonds is 5. The smallest absolute Gasteiger partial charge is 0.411 e. The van der Waals surface area contributed by atoms with Crippen LogP contribution in [0.4, 0.5) is 5.82 Å². The van der Waals surface area contributed by atoms with E-state index in [9.17, 15) is 14.9 Å². The highest BCUT2D eigenvalue weighted by Gasteiger charge is 2.23. The third-order valence-corrected chi connectivity index (χ3v) is 1.74. The third kappa shape index (κ3) is 3.59. The molecular formula is C9H12N4O4. The van der Waals surface area contributed by atoms with Crippen LogP contribution in [0.3, 0.4) is 0 Å². The van der Waals surface area contributed by atoms with Gasteiger partial charge in [0.1, 0.15) is 0 Å². The molecule has 0 bridgehead atoms. The molecule has 1 aromatic rings.